The summed E-state index contributed by atoms with van der Waals surface area (Å²) < 4.78 is 13.2. The fourth-order valence-corrected chi connectivity index (χ4v) is 4.63. The molecule has 1 heterocycles. The number of hydrogen-bond acceptors (Lipinski definition) is 3. The summed E-state index contributed by atoms with van der Waals surface area (Å²) in [4.78, 5) is 14.7. The van der Waals surface area contributed by atoms with E-state index in [4.69, 9.17) is 0 Å². The molecule has 2 N–H and O–H groups in total. The Kier molecular flexibility index (Phi) is 6.02. The topological polar surface area (TPSA) is 57.3 Å². The molecule has 1 aromatic heterocycles. The number of aryl methyl sites for hydroxylation is 1. The minimum atomic E-state index is -0.237. The number of halogens is 1. The Morgan fingerprint density at radius 3 is 2.96 bits per heavy atom. The summed E-state index contributed by atoms with van der Waals surface area (Å²) in [6, 6.07) is 8.82. The lowest BCUT2D eigenvalue weighted by Gasteiger charge is -2.14. The molecular formula is C20H23FN3OS+. The Morgan fingerprint density at radius 1 is 1.38 bits per heavy atom. The van der Waals surface area contributed by atoms with Crippen molar-refractivity contribution in [3.8, 4) is 6.07 Å². The molecule has 6 heteroatoms. The van der Waals surface area contributed by atoms with Crippen molar-refractivity contribution < 1.29 is 14.1 Å². The Bertz CT molecular complexity index is 840. The molecule has 0 saturated carbocycles. The van der Waals surface area contributed by atoms with Gasteiger partial charge in [-0.3, -0.25) is 4.79 Å². The highest BCUT2D eigenvalue weighted by molar-refractivity contribution is 7.16. The fraction of sp³-hybridized carbons (Fsp3) is 0.400. The normalized spacial score (nSPS) is 14.3. The van der Waals surface area contributed by atoms with Crippen LogP contribution in [-0.4, -0.2) is 19.5 Å². The Balaban J connectivity index is 1.54. The van der Waals surface area contributed by atoms with Gasteiger partial charge in [-0.05, 0) is 43.4 Å². The molecule has 0 radical (unpaired) electrons. The maximum Gasteiger partial charge on any atom is 0.230 e. The minimum absolute atomic E-state index is 0.0707. The standard InChI is InChI=1S/C20H22FN3OS/c1-24(13-14-5-4-6-15(21)11-14)10-9-19(25)23-20-17(12-22)16-7-2-3-8-18(16)26-20/h4-6,11H,2-3,7-10,13H2,1H3,(H,23,25)/p+1. The highest BCUT2D eigenvalue weighted by Crippen LogP contribution is 2.37. The van der Waals surface area contributed by atoms with Gasteiger partial charge in [0.1, 0.15) is 23.4 Å². The average Bonchev–Trinajstić information content (AvgIpc) is 2.97. The van der Waals surface area contributed by atoms with Gasteiger partial charge in [0.15, 0.2) is 0 Å². The van der Waals surface area contributed by atoms with Crippen LogP contribution in [0.1, 0.15) is 40.8 Å². The summed E-state index contributed by atoms with van der Waals surface area (Å²) >= 11 is 1.55. The number of hydrogen-bond donors (Lipinski definition) is 2. The quantitative estimate of drug-likeness (QED) is 0.819. The van der Waals surface area contributed by atoms with E-state index in [0.29, 0.717) is 30.1 Å². The van der Waals surface area contributed by atoms with E-state index in [-0.39, 0.29) is 11.7 Å². The van der Waals surface area contributed by atoms with Crippen LogP contribution in [0.3, 0.4) is 0 Å². The molecule has 2 aromatic rings. The fourth-order valence-electron chi connectivity index (χ4n) is 3.37. The van der Waals surface area contributed by atoms with Crippen LogP contribution < -0.4 is 10.2 Å². The van der Waals surface area contributed by atoms with Gasteiger partial charge in [-0.2, -0.15) is 5.26 Å². The van der Waals surface area contributed by atoms with E-state index in [1.807, 2.05) is 13.1 Å². The Morgan fingerprint density at radius 2 is 2.19 bits per heavy atom. The number of amides is 1. The third-order valence-electron chi connectivity index (χ3n) is 4.71. The first-order valence-corrected chi connectivity index (χ1v) is 9.78. The van der Waals surface area contributed by atoms with Crippen molar-refractivity contribution in [3.63, 3.8) is 0 Å². The number of carbonyl (C=O) groups is 1. The zero-order chi connectivity index (χ0) is 18.5. The van der Waals surface area contributed by atoms with Crippen LogP contribution in [0, 0.1) is 17.1 Å². The molecular weight excluding hydrogens is 349 g/mol. The first-order valence-electron chi connectivity index (χ1n) is 8.97. The molecule has 1 atom stereocenters. The highest BCUT2D eigenvalue weighted by Gasteiger charge is 2.22. The van der Waals surface area contributed by atoms with E-state index >= 15 is 0 Å². The average molecular weight is 372 g/mol. The molecule has 0 bridgehead atoms. The highest BCUT2D eigenvalue weighted by atomic mass is 32.1. The summed E-state index contributed by atoms with van der Waals surface area (Å²) in [5.41, 5.74) is 2.70. The number of nitriles is 1. The lowest BCUT2D eigenvalue weighted by atomic mass is 9.96. The first kappa shape index (κ1) is 18.6. The zero-order valence-electron chi connectivity index (χ0n) is 14.9. The third kappa shape index (κ3) is 4.48. The number of fused-ring (bicyclic) bond motifs is 1. The molecule has 1 aliphatic carbocycles. The molecule has 1 aromatic carbocycles. The van der Waals surface area contributed by atoms with Crippen molar-refractivity contribution in [2.24, 2.45) is 0 Å². The van der Waals surface area contributed by atoms with Crippen molar-refractivity contribution in [2.75, 3.05) is 18.9 Å². The summed E-state index contributed by atoms with van der Waals surface area (Å²) in [6.07, 6.45) is 4.57. The van der Waals surface area contributed by atoms with Crippen LogP contribution in [0.2, 0.25) is 0 Å². The minimum Gasteiger partial charge on any atom is -0.333 e. The number of nitrogens with zero attached hydrogens (tertiary/aromatic N) is 1. The van der Waals surface area contributed by atoms with Crippen molar-refractivity contribution in [1.82, 2.24) is 0 Å². The maximum atomic E-state index is 13.2. The van der Waals surface area contributed by atoms with Gasteiger partial charge < -0.3 is 10.2 Å². The van der Waals surface area contributed by atoms with Crippen LogP contribution in [0.5, 0.6) is 0 Å². The van der Waals surface area contributed by atoms with Gasteiger partial charge in [0.2, 0.25) is 5.91 Å². The molecule has 1 aliphatic rings. The van der Waals surface area contributed by atoms with Crippen LogP contribution in [-0.2, 0) is 24.2 Å². The molecule has 3 rings (SSSR count). The van der Waals surface area contributed by atoms with Crippen LogP contribution in [0.25, 0.3) is 0 Å². The van der Waals surface area contributed by atoms with Crippen LogP contribution in [0.4, 0.5) is 9.39 Å². The molecule has 136 valence electrons. The number of carbonyl (C=O) groups excluding carboxylic acids is 1. The van der Waals surface area contributed by atoms with Gasteiger partial charge in [-0.1, -0.05) is 12.1 Å². The molecule has 0 spiro atoms. The number of anilines is 1. The molecule has 0 fully saturated rings. The van der Waals surface area contributed by atoms with Crippen molar-refractivity contribution in [2.45, 2.75) is 38.6 Å². The van der Waals surface area contributed by atoms with Crippen molar-refractivity contribution >= 4 is 22.2 Å². The second kappa shape index (κ2) is 8.43. The molecule has 1 unspecified atom stereocenters. The number of thiophene rings is 1. The summed E-state index contributed by atoms with van der Waals surface area (Å²) in [5.74, 6) is -0.308. The van der Waals surface area contributed by atoms with Gasteiger partial charge in [0.25, 0.3) is 0 Å². The monoisotopic (exact) mass is 372 g/mol. The largest absolute Gasteiger partial charge is 0.333 e. The van der Waals surface area contributed by atoms with Gasteiger partial charge in [-0.25, -0.2) is 4.39 Å². The number of quaternary nitrogens is 1. The van der Waals surface area contributed by atoms with Gasteiger partial charge in [-0.15, -0.1) is 11.3 Å². The first-order chi connectivity index (χ1) is 12.6. The Labute approximate surface area is 157 Å². The van der Waals surface area contributed by atoms with Gasteiger partial charge in [0.05, 0.1) is 25.6 Å². The molecule has 26 heavy (non-hydrogen) atoms. The summed E-state index contributed by atoms with van der Waals surface area (Å²) in [5, 5.41) is 13.1. The van der Waals surface area contributed by atoms with Crippen molar-refractivity contribution in [1.29, 1.82) is 5.26 Å². The van der Waals surface area contributed by atoms with E-state index in [0.717, 1.165) is 41.7 Å². The maximum absolute atomic E-state index is 13.2. The van der Waals surface area contributed by atoms with E-state index < -0.39 is 0 Å². The zero-order valence-corrected chi connectivity index (χ0v) is 15.7. The van der Waals surface area contributed by atoms with Gasteiger partial charge >= 0.3 is 0 Å². The van der Waals surface area contributed by atoms with E-state index in [1.165, 1.54) is 17.0 Å². The van der Waals surface area contributed by atoms with E-state index in [2.05, 4.69) is 11.4 Å². The summed E-state index contributed by atoms with van der Waals surface area (Å²) in [7, 11) is 1.99. The second-order valence-electron chi connectivity index (χ2n) is 6.84. The summed E-state index contributed by atoms with van der Waals surface area (Å²) in [6.45, 7) is 1.32. The SMILES string of the molecule is C[NH+](CCC(=O)Nc1sc2c(c1C#N)CCCC2)Cc1cccc(F)c1. The second-order valence-corrected chi connectivity index (χ2v) is 7.94. The lowest BCUT2D eigenvalue weighted by Crippen LogP contribution is -3.07. The van der Waals surface area contributed by atoms with Crippen molar-refractivity contribution in [3.05, 3.63) is 51.7 Å². The molecule has 0 aliphatic heterocycles. The van der Waals surface area contributed by atoms with Crippen LogP contribution >= 0.6 is 11.3 Å². The Hall–Kier alpha value is -2.23. The molecule has 1 amide bonds. The van der Waals surface area contributed by atoms with E-state index in [1.54, 1.807) is 17.4 Å². The molecule has 4 nitrogen and oxygen atoms in total. The van der Waals surface area contributed by atoms with E-state index in [9.17, 15) is 14.4 Å². The number of rotatable bonds is 6. The lowest BCUT2D eigenvalue weighted by molar-refractivity contribution is -0.893. The number of benzene rings is 1. The number of nitrogens with one attached hydrogen (secondary N) is 2. The third-order valence-corrected chi connectivity index (χ3v) is 5.92. The predicted octanol–water partition coefficient (Wildman–Crippen LogP) is 2.68. The molecule has 0 saturated heterocycles. The van der Waals surface area contributed by atoms with Gasteiger partial charge in [0, 0.05) is 10.4 Å². The van der Waals surface area contributed by atoms with Crippen LogP contribution in [0.15, 0.2) is 24.3 Å². The predicted molar refractivity (Wildman–Crippen MR) is 101 cm³/mol. The smallest absolute Gasteiger partial charge is 0.230 e.